The monoisotopic (exact) mass is 384 g/mol. The predicted molar refractivity (Wildman–Crippen MR) is 88.0 cm³/mol. The van der Waals surface area contributed by atoms with Crippen molar-refractivity contribution in [1.29, 1.82) is 0 Å². The van der Waals surface area contributed by atoms with E-state index < -0.39 is 29.1 Å². The summed E-state index contributed by atoms with van der Waals surface area (Å²) in [5.41, 5.74) is -0.163. The SMILES string of the molecule is O=CC1CCC(c2ccc(OC(F)(F)c3cc(F)c(F)c(F)c3)cc2)CC1. The highest BCUT2D eigenvalue weighted by Crippen LogP contribution is 2.37. The number of hydrogen-bond acceptors (Lipinski definition) is 2. The normalized spacial score (nSPS) is 20.3. The molecular weight excluding hydrogens is 367 g/mol. The molecule has 0 aromatic heterocycles. The number of ether oxygens (including phenoxy) is 1. The first-order chi connectivity index (χ1) is 12.8. The van der Waals surface area contributed by atoms with Crippen LogP contribution in [0.3, 0.4) is 0 Å². The Morgan fingerprint density at radius 2 is 1.48 bits per heavy atom. The molecule has 0 saturated heterocycles. The molecule has 2 nitrogen and oxygen atoms in total. The van der Waals surface area contributed by atoms with Gasteiger partial charge in [0.15, 0.2) is 17.5 Å². The van der Waals surface area contributed by atoms with Gasteiger partial charge in [0.1, 0.15) is 12.0 Å². The first kappa shape index (κ1) is 19.3. The van der Waals surface area contributed by atoms with Crippen LogP contribution >= 0.6 is 0 Å². The van der Waals surface area contributed by atoms with Gasteiger partial charge < -0.3 is 9.53 Å². The fourth-order valence-electron chi connectivity index (χ4n) is 3.33. The smallest absolute Gasteiger partial charge is 0.426 e. The molecule has 7 heteroatoms. The van der Waals surface area contributed by atoms with Crippen molar-refractivity contribution < 1.29 is 31.5 Å². The van der Waals surface area contributed by atoms with Crippen molar-refractivity contribution in [2.45, 2.75) is 37.7 Å². The third-order valence-electron chi connectivity index (χ3n) is 4.88. The van der Waals surface area contributed by atoms with Crippen molar-refractivity contribution in [1.82, 2.24) is 0 Å². The summed E-state index contributed by atoms with van der Waals surface area (Å²) >= 11 is 0. The van der Waals surface area contributed by atoms with Crippen LogP contribution in [0.4, 0.5) is 22.0 Å². The van der Waals surface area contributed by atoms with Crippen molar-refractivity contribution in [2.75, 3.05) is 0 Å². The Bertz CT molecular complexity index is 789. The molecular formula is C20H17F5O2. The number of hydrogen-bond donors (Lipinski definition) is 0. The second-order valence-corrected chi connectivity index (χ2v) is 6.69. The van der Waals surface area contributed by atoms with E-state index in [0.717, 1.165) is 37.5 Å². The van der Waals surface area contributed by atoms with Crippen LogP contribution in [-0.4, -0.2) is 6.29 Å². The number of carbonyl (C=O) groups is 1. The van der Waals surface area contributed by atoms with Gasteiger partial charge in [0.2, 0.25) is 0 Å². The van der Waals surface area contributed by atoms with Gasteiger partial charge in [-0.05, 0) is 61.4 Å². The topological polar surface area (TPSA) is 26.3 Å². The van der Waals surface area contributed by atoms with Gasteiger partial charge in [-0.1, -0.05) is 12.1 Å². The van der Waals surface area contributed by atoms with E-state index in [-0.39, 0.29) is 29.7 Å². The molecule has 0 N–H and O–H groups in total. The second-order valence-electron chi connectivity index (χ2n) is 6.69. The number of carbonyl (C=O) groups excluding carboxylic acids is 1. The Hall–Kier alpha value is -2.44. The molecule has 0 heterocycles. The summed E-state index contributed by atoms with van der Waals surface area (Å²) in [5.74, 6) is -5.10. The molecule has 0 unspecified atom stereocenters. The molecule has 1 saturated carbocycles. The van der Waals surface area contributed by atoms with Crippen molar-refractivity contribution in [3.8, 4) is 5.75 Å². The Morgan fingerprint density at radius 3 is 2.00 bits per heavy atom. The van der Waals surface area contributed by atoms with E-state index >= 15 is 0 Å². The Labute approximate surface area is 153 Å². The van der Waals surface area contributed by atoms with Gasteiger partial charge in [-0.15, -0.1) is 0 Å². The Morgan fingerprint density at radius 1 is 0.926 bits per heavy atom. The highest BCUT2D eigenvalue weighted by molar-refractivity contribution is 5.53. The first-order valence-electron chi connectivity index (χ1n) is 8.57. The Balaban J connectivity index is 1.71. The van der Waals surface area contributed by atoms with Crippen LogP contribution in [0.25, 0.3) is 0 Å². The summed E-state index contributed by atoms with van der Waals surface area (Å²) < 4.78 is 72.2. The quantitative estimate of drug-likeness (QED) is 0.375. The van der Waals surface area contributed by atoms with E-state index in [4.69, 9.17) is 0 Å². The van der Waals surface area contributed by atoms with Crippen molar-refractivity contribution >= 4 is 6.29 Å². The van der Waals surface area contributed by atoms with Crippen LogP contribution in [0.15, 0.2) is 36.4 Å². The van der Waals surface area contributed by atoms with Gasteiger partial charge in [0.25, 0.3) is 0 Å². The lowest BCUT2D eigenvalue weighted by Gasteiger charge is -2.26. The maximum absolute atomic E-state index is 14.2. The van der Waals surface area contributed by atoms with E-state index in [0.29, 0.717) is 0 Å². The molecule has 27 heavy (non-hydrogen) atoms. The van der Waals surface area contributed by atoms with E-state index in [1.807, 2.05) is 0 Å². The zero-order valence-electron chi connectivity index (χ0n) is 14.2. The molecule has 144 valence electrons. The maximum Gasteiger partial charge on any atom is 0.426 e. The minimum Gasteiger partial charge on any atom is -0.429 e. The van der Waals surface area contributed by atoms with Crippen molar-refractivity contribution in [3.63, 3.8) is 0 Å². The number of halogens is 5. The lowest BCUT2D eigenvalue weighted by molar-refractivity contribution is -0.185. The van der Waals surface area contributed by atoms with Crippen LogP contribution in [0, 0.1) is 23.4 Å². The fraction of sp³-hybridized carbons (Fsp3) is 0.350. The minimum atomic E-state index is -4.03. The summed E-state index contributed by atoms with van der Waals surface area (Å²) in [7, 11) is 0. The largest absolute Gasteiger partial charge is 0.429 e. The van der Waals surface area contributed by atoms with Crippen LogP contribution in [-0.2, 0) is 10.9 Å². The fourth-order valence-corrected chi connectivity index (χ4v) is 3.33. The minimum absolute atomic E-state index is 0.0825. The van der Waals surface area contributed by atoms with Crippen LogP contribution in [0.2, 0.25) is 0 Å². The van der Waals surface area contributed by atoms with E-state index in [9.17, 15) is 26.7 Å². The molecule has 3 rings (SSSR count). The lowest BCUT2D eigenvalue weighted by atomic mass is 9.79. The molecule has 0 radical (unpaired) electrons. The highest BCUT2D eigenvalue weighted by Gasteiger charge is 2.36. The zero-order chi connectivity index (χ0) is 19.6. The van der Waals surface area contributed by atoms with Crippen LogP contribution < -0.4 is 4.74 Å². The van der Waals surface area contributed by atoms with Gasteiger partial charge in [0.05, 0.1) is 5.56 Å². The van der Waals surface area contributed by atoms with Gasteiger partial charge in [-0.3, -0.25) is 0 Å². The average Bonchev–Trinajstić information content (AvgIpc) is 2.66. The third kappa shape index (κ3) is 4.28. The molecule has 0 aliphatic heterocycles. The number of rotatable bonds is 5. The molecule has 0 bridgehead atoms. The van der Waals surface area contributed by atoms with Crippen molar-refractivity contribution in [2.24, 2.45) is 5.92 Å². The average molecular weight is 384 g/mol. The number of aldehydes is 1. The molecule has 0 amide bonds. The third-order valence-corrected chi connectivity index (χ3v) is 4.88. The molecule has 0 spiro atoms. The molecule has 1 aliphatic rings. The summed E-state index contributed by atoms with van der Waals surface area (Å²) in [4.78, 5) is 10.8. The van der Waals surface area contributed by atoms with E-state index in [1.54, 1.807) is 12.1 Å². The lowest BCUT2D eigenvalue weighted by Crippen LogP contribution is -2.22. The standard InChI is InChI=1S/C20H17F5O2/c21-17-9-15(10-18(22)19(17)23)20(24,25)27-16-7-5-14(6-8-16)13-3-1-12(11-26)2-4-13/h5-13H,1-4H2. The van der Waals surface area contributed by atoms with Gasteiger partial charge in [0, 0.05) is 5.92 Å². The molecule has 2 aromatic carbocycles. The highest BCUT2D eigenvalue weighted by atomic mass is 19.3. The summed E-state index contributed by atoms with van der Waals surface area (Å²) in [6.07, 6.45) is 0.218. The van der Waals surface area contributed by atoms with Crippen LogP contribution in [0.5, 0.6) is 5.75 Å². The first-order valence-corrected chi connectivity index (χ1v) is 8.57. The van der Waals surface area contributed by atoms with Crippen LogP contribution in [0.1, 0.15) is 42.7 Å². The number of benzene rings is 2. The molecule has 0 atom stereocenters. The summed E-state index contributed by atoms with van der Waals surface area (Å²) in [6.45, 7) is 0. The van der Waals surface area contributed by atoms with Crippen molar-refractivity contribution in [3.05, 3.63) is 65.0 Å². The van der Waals surface area contributed by atoms with Gasteiger partial charge in [-0.25, -0.2) is 13.2 Å². The molecule has 1 fully saturated rings. The number of alkyl halides is 2. The van der Waals surface area contributed by atoms with E-state index in [1.165, 1.54) is 12.1 Å². The zero-order valence-corrected chi connectivity index (χ0v) is 14.2. The van der Waals surface area contributed by atoms with E-state index in [2.05, 4.69) is 4.74 Å². The summed E-state index contributed by atoms with van der Waals surface area (Å²) in [6, 6.07) is 6.43. The molecule has 1 aliphatic carbocycles. The van der Waals surface area contributed by atoms with Gasteiger partial charge in [-0.2, -0.15) is 8.78 Å². The summed E-state index contributed by atoms with van der Waals surface area (Å²) in [5, 5.41) is 0. The predicted octanol–water partition coefficient (Wildman–Crippen LogP) is 5.70. The second kappa shape index (κ2) is 7.66. The Kier molecular flexibility index (Phi) is 5.48. The van der Waals surface area contributed by atoms with Gasteiger partial charge >= 0.3 is 6.11 Å². The maximum atomic E-state index is 14.2. The molecule has 2 aromatic rings.